The third-order valence-corrected chi connectivity index (χ3v) is 7.19. The first kappa shape index (κ1) is 26.2. The van der Waals surface area contributed by atoms with E-state index in [1.54, 1.807) is 11.0 Å². The molecule has 0 spiro atoms. The van der Waals surface area contributed by atoms with Gasteiger partial charge in [0.15, 0.2) is 0 Å². The Kier molecular flexibility index (Phi) is 9.46. The zero-order chi connectivity index (χ0) is 19.8. The molecule has 29 heavy (non-hydrogen) atoms. The number of rotatable bonds is 5. The van der Waals surface area contributed by atoms with Crippen molar-refractivity contribution in [2.75, 3.05) is 32.4 Å². The number of halogens is 2. The van der Waals surface area contributed by atoms with E-state index in [-0.39, 0.29) is 48.6 Å². The number of fused-ring (bicyclic) bond motifs is 1. The first-order valence-corrected chi connectivity index (χ1v) is 11.8. The van der Waals surface area contributed by atoms with Gasteiger partial charge in [0.1, 0.15) is 0 Å². The molecule has 2 amide bonds. The molecule has 0 saturated carbocycles. The molecule has 3 saturated heterocycles. The summed E-state index contributed by atoms with van der Waals surface area (Å²) < 4.78 is 25.4. The quantitative estimate of drug-likeness (QED) is 0.574. The first-order chi connectivity index (χ1) is 12.7. The average Bonchev–Trinajstić information content (AvgIpc) is 3.11. The molecule has 3 atom stereocenters. The van der Waals surface area contributed by atoms with E-state index in [2.05, 4.69) is 4.90 Å². The summed E-state index contributed by atoms with van der Waals surface area (Å²) in [7, 11) is -3.63. The van der Waals surface area contributed by atoms with Gasteiger partial charge < -0.3 is 4.90 Å². The van der Waals surface area contributed by atoms with Crippen LogP contribution in [0.2, 0.25) is 0 Å². The minimum absolute atomic E-state index is 0. The zero-order valence-corrected chi connectivity index (χ0v) is 19.8. The number of hydrogen-bond donors (Lipinski definition) is 0. The van der Waals surface area contributed by atoms with E-state index >= 15 is 0 Å². The highest BCUT2D eigenvalue weighted by atomic mass is 35.5. The first-order valence-electron chi connectivity index (χ1n) is 9.94. The van der Waals surface area contributed by atoms with E-state index in [1.165, 1.54) is 19.3 Å². The Morgan fingerprint density at radius 2 is 1.76 bits per heavy atom. The van der Waals surface area contributed by atoms with Gasteiger partial charge in [-0.1, -0.05) is 26.3 Å². The van der Waals surface area contributed by atoms with Crippen LogP contribution in [-0.4, -0.2) is 78.9 Å². The molecule has 10 heteroatoms. The number of nitrogens with zero attached hydrogens (tertiary/aromatic N) is 3. The van der Waals surface area contributed by atoms with Gasteiger partial charge in [-0.2, -0.15) is 0 Å². The minimum atomic E-state index is -3.63. The molecule has 0 radical (unpaired) electrons. The smallest absolute Gasteiger partial charge is 0.246 e. The number of carbonyl (C=O) groups excluding carboxylic acids is 2. The summed E-state index contributed by atoms with van der Waals surface area (Å²) >= 11 is 0. The predicted molar refractivity (Wildman–Crippen MR) is 118 cm³/mol. The van der Waals surface area contributed by atoms with Crippen LogP contribution in [0.15, 0.2) is 12.2 Å². The van der Waals surface area contributed by atoms with Crippen molar-refractivity contribution in [1.29, 1.82) is 0 Å². The van der Waals surface area contributed by atoms with Gasteiger partial charge in [0.25, 0.3) is 0 Å². The van der Waals surface area contributed by atoms with E-state index < -0.39 is 22.0 Å². The highest BCUT2D eigenvalue weighted by molar-refractivity contribution is 7.88. The summed E-state index contributed by atoms with van der Waals surface area (Å²) in [5, 5.41) is 0. The standard InChI is InChI=1S/C19H31N3O4S.2ClH/c1-14(2)17-18-15(22(19(17)24)27(3,25)26)9-13-21(18)16(23)8-7-12-20-10-5-4-6-11-20;;/h7-8,14-15,17-18H,4-6,9-13H2,1-3H3;2*1H/b8-7+;;/t15-,17+,18-;;/m1../s1. The van der Waals surface area contributed by atoms with Crippen LogP contribution < -0.4 is 0 Å². The van der Waals surface area contributed by atoms with Gasteiger partial charge in [-0.3, -0.25) is 14.5 Å². The van der Waals surface area contributed by atoms with Gasteiger partial charge >= 0.3 is 0 Å². The Bertz CT molecular complexity index is 723. The van der Waals surface area contributed by atoms with Crippen molar-refractivity contribution in [3.05, 3.63) is 12.2 Å². The third-order valence-electron chi connectivity index (χ3n) is 6.02. The number of hydrogen-bond acceptors (Lipinski definition) is 5. The van der Waals surface area contributed by atoms with Crippen molar-refractivity contribution in [2.45, 2.75) is 51.6 Å². The number of sulfonamides is 1. The summed E-state index contributed by atoms with van der Waals surface area (Å²) in [4.78, 5) is 29.6. The molecular weight excluding hydrogens is 437 g/mol. The van der Waals surface area contributed by atoms with Crippen molar-refractivity contribution in [1.82, 2.24) is 14.1 Å². The molecule has 3 aliphatic rings. The third kappa shape index (κ3) is 5.46. The molecule has 3 fully saturated rings. The number of piperidine rings is 1. The van der Waals surface area contributed by atoms with Crippen molar-refractivity contribution in [3.8, 4) is 0 Å². The summed E-state index contributed by atoms with van der Waals surface area (Å²) in [5.41, 5.74) is 0. The fourth-order valence-corrected chi connectivity index (χ4v) is 6.00. The molecule has 0 unspecified atom stereocenters. The van der Waals surface area contributed by atoms with Crippen molar-refractivity contribution in [3.63, 3.8) is 0 Å². The molecule has 0 bridgehead atoms. The highest BCUT2D eigenvalue weighted by Crippen LogP contribution is 2.41. The molecule has 168 valence electrons. The maximum atomic E-state index is 12.8. The maximum absolute atomic E-state index is 12.8. The lowest BCUT2D eigenvalue weighted by atomic mass is 9.88. The molecule has 3 heterocycles. The average molecular weight is 470 g/mol. The number of carbonyl (C=O) groups is 2. The minimum Gasteiger partial charge on any atom is -0.333 e. The van der Waals surface area contributed by atoms with Crippen LogP contribution in [0, 0.1) is 11.8 Å². The summed E-state index contributed by atoms with van der Waals surface area (Å²) in [6.07, 6.45) is 8.77. The Labute approximate surface area is 186 Å². The van der Waals surface area contributed by atoms with Crippen molar-refractivity contribution < 1.29 is 18.0 Å². The number of likely N-dealkylation sites (tertiary alicyclic amines) is 2. The fraction of sp³-hybridized carbons (Fsp3) is 0.789. The summed E-state index contributed by atoms with van der Waals surface area (Å²) in [6.45, 7) is 7.22. The van der Waals surface area contributed by atoms with Crippen LogP contribution in [0.5, 0.6) is 0 Å². The van der Waals surface area contributed by atoms with Crippen LogP contribution in [0.1, 0.15) is 39.5 Å². The number of amides is 2. The molecule has 0 aromatic carbocycles. The van der Waals surface area contributed by atoms with Gasteiger partial charge in [0.05, 0.1) is 24.3 Å². The second-order valence-corrected chi connectivity index (χ2v) is 10.2. The molecule has 0 N–H and O–H groups in total. The van der Waals surface area contributed by atoms with E-state index in [4.69, 9.17) is 0 Å². The molecule has 3 aliphatic heterocycles. The van der Waals surface area contributed by atoms with Crippen LogP contribution >= 0.6 is 24.8 Å². The summed E-state index contributed by atoms with van der Waals surface area (Å²) in [5.74, 6) is -0.972. The van der Waals surface area contributed by atoms with Crippen LogP contribution in [0.25, 0.3) is 0 Å². The van der Waals surface area contributed by atoms with E-state index in [1.807, 2.05) is 19.9 Å². The van der Waals surface area contributed by atoms with Crippen LogP contribution in [0.3, 0.4) is 0 Å². The molecule has 0 aliphatic carbocycles. The second-order valence-electron chi connectivity index (χ2n) is 8.31. The zero-order valence-electron chi connectivity index (χ0n) is 17.3. The Hall–Kier alpha value is -0.830. The van der Waals surface area contributed by atoms with E-state index in [0.29, 0.717) is 13.0 Å². The molecule has 0 aromatic rings. The van der Waals surface area contributed by atoms with Gasteiger partial charge in [0.2, 0.25) is 21.8 Å². The Balaban J connectivity index is 0.00000210. The highest BCUT2D eigenvalue weighted by Gasteiger charge is 2.58. The largest absolute Gasteiger partial charge is 0.333 e. The Morgan fingerprint density at radius 1 is 1.14 bits per heavy atom. The molecule has 3 rings (SSSR count). The molecule has 7 nitrogen and oxygen atoms in total. The van der Waals surface area contributed by atoms with Crippen molar-refractivity contribution in [2.24, 2.45) is 11.8 Å². The SMILES string of the molecule is CC(C)[C@@H]1C(=O)N(S(C)(=O)=O)[C@@H]2CCN(C(=O)/C=C/CN3CCCCC3)[C@H]21.Cl.Cl. The maximum Gasteiger partial charge on any atom is 0.246 e. The van der Waals surface area contributed by atoms with E-state index in [0.717, 1.165) is 30.2 Å². The van der Waals surface area contributed by atoms with Gasteiger partial charge in [-0.25, -0.2) is 12.7 Å². The lowest BCUT2D eigenvalue weighted by Crippen LogP contribution is -2.43. The monoisotopic (exact) mass is 469 g/mol. The van der Waals surface area contributed by atoms with Gasteiger partial charge in [-0.05, 0) is 38.3 Å². The fourth-order valence-electron chi connectivity index (χ4n) is 4.83. The lowest BCUT2D eigenvalue weighted by molar-refractivity contribution is -0.131. The summed E-state index contributed by atoms with van der Waals surface area (Å²) in [6, 6.07) is -0.793. The van der Waals surface area contributed by atoms with Gasteiger partial charge in [0, 0.05) is 19.2 Å². The van der Waals surface area contributed by atoms with Crippen LogP contribution in [0.4, 0.5) is 0 Å². The normalized spacial score (nSPS) is 27.9. The molecular formula is C19H33Cl2N3O4S. The lowest BCUT2D eigenvalue weighted by Gasteiger charge is -2.28. The van der Waals surface area contributed by atoms with E-state index in [9.17, 15) is 18.0 Å². The van der Waals surface area contributed by atoms with Crippen LogP contribution in [-0.2, 0) is 19.6 Å². The second kappa shape index (κ2) is 10.5. The predicted octanol–water partition coefficient (Wildman–Crippen LogP) is 1.92. The molecule has 0 aromatic heterocycles. The van der Waals surface area contributed by atoms with Crippen molar-refractivity contribution >= 4 is 46.7 Å². The Morgan fingerprint density at radius 3 is 2.31 bits per heavy atom. The van der Waals surface area contributed by atoms with Gasteiger partial charge in [-0.15, -0.1) is 24.8 Å². The topological polar surface area (TPSA) is 78.0 Å².